The molecule has 0 saturated heterocycles. The average Bonchev–Trinajstić information content (AvgIpc) is 2.65. The molecule has 5 nitrogen and oxygen atoms in total. The molecular weight excluding hydrogens is 392 g/mol. The summed E-state index contributed by atoms with van der Waals surface area (Å²) in [6, 6.07) is 18.0. The van der Waals surface area contributed by atoms with Gasteiger partial charge in [-0.3, -0.25) is 0 Å². The zero-order valence-electron chi connectivity index (χ0n) is 14.5. The summed E-state index contributed by atoms with van der Waals surface area (Å²) in [6.07, 6.45) is 0.646. The van der Waals surface area contributed by atoms with E-state index >= 15 is 0 Å². The monoisotopic (exact) mass is 412 g/mol. The Bertz CT molecular complexity index is 871. The van der Waals surface area contributed by atoms with Crippen molar-refractivity contribution in [1.29, 1.82) is 0 Å². The molecule has 0 amide bonds. The lowest BCUT2D eigenvalue weighted by Crippen LogP contribution is -2.09. The molecule has 0 fully saturated rings. The maximum atomic E-state index is 8.98. The number of aliphatic hydroxyl groups is 1. The Morgan fingerprint density at radius 2 is 1.85 bits per heavy atom. The van der Waals surface area contributed by atoms with E-state index in [1.54, 1.807) is 0 Å². The second-order valence-electron chi connectivity index (χ2n) is 5.92. The Balaban J connectivity index is 1.93. The topological polar surface area (TPSA) is 70.1 Å². The first kappa shape index (κ1) is 18.4. The van der Waals surface area contributed by atoms with E-state index in [0.29, 0.717) is 18.9 Å². The molecule has 2 aromatic carbocycles. The molecule has 3 aromatic rings. The van der Waals surface area contributed by atoms with Crippen LogP contribution in [-0.2, 0) is 0 Å². The zero-order valence-corrected chi connectivity index (χ0v) is 16.1. The predicted octanol–water partition coefficient (Wildman–Crippen LogP) is 4.75. The number of anilines is 3. The van der Waals surface area contributed by atoms with Crippen molar-refractivity contribution in [1.82, 2.24) is 9.97 Å². The van der Waals surface area contributed by atoms with Crippen molar-refractivity contribution < 1.29 is 5.11 Å². The van der Waals surface area contributed by atoms with Crippen LogP contribution in [0.1, 0.15) is 12.0 Å². The number of nitrogens with one attached hydrogen (secondary N) is 2. The molecule has 3 rings (SSSR count). The highest BCUT2D eigenvalue weighted by molar-refractivity contribution is 9.10. The molecule has 0 bridgehead atoms. The van der Waals surface area contributed by atoms with E-state index in [2.05, 4.69) is 42.6 Å². The Kier molecular flexibility index (Phi) is 6.20. The Labute approximate surface area is 161 Å². The summed E-state index contributed by atoms with van der Waals surface area (Å²) in [5.74, 6) is 1.26. The van der Waals surface area contributed by atoms with Crippen molar-refractivity contribution in [2.75, 3.05) is 23.8 Å². The number of halogens is 1. The summed E-state index contributed by atoms with van der Waals surface area (Å²) in [5, 5.41) is 15.5. The molecule has 0 saturated carbocycles. The van der Waals surface area contributed by atoms with Gasteiger partial charge >= 0.3 is 0 Å². The van der Waals surface area contributed by atoms with Crippen LogP contribution < -0.4 is 10.6 Å². The van der Waals surface area contributed by atoms with Gasteiger partial charge in [-0.2, -0.15) is 4.98 Å². The van der Waals surface area contributed by atoms with Crippen LogP contribution in [0, 0.1) is 6.92 Å². The van der Waals surface area contributed by atoms with Crippen LogP contribution in [0.25, 0.3) is 11.3 Å². The van der Waals surface area contributed by atoms with Gasteiger partial charge < -0.3 is 15.7 Å². The molecule has 0 atom stereocenters. The quantitative estimate of drug-likeness (QED) is 0.488. The molecule has 1 aromatic heterocycles. The van der Waals surface area contributed by atoms with Crippen LogP contribution >= 0.6 is 15.9 Å². The molecule has 0 unspecified atom stereocenters. The standard InChI is InChI=1S/C20H21BrN4O/c1-14-12-16(21)8-9-17(14)23-19-13-18(15-6-3-2-4-7-15)24-20(25-19)22-10-5-11-26/h2-4,6-9,12-13,26H,5,10-11H2,1H3,(H2,22,23,24,25). The molecule has 0 aliphatic rings. The number of benzene rings is 2. The van der Waals surface area contributed by atoms with Gasteiger partial charge in [0.2, 0.25) is 5.95 Å². The predicted molar refractivity (Wildman–Crippen MR) is 110 cm³/mol. The molecule has 0 aliphatic heterocycles. The Morgan fingerprint density at radius 1 is 1.04 bits per heavy atom. The fourth-order valence-corrected chi connectivity index (χ4v) is 3.01. The summed E-state index contributed by atoms with van der Waals surface area (Å²) < 4.78 is 1.04. The zero-order chi connectivity index (χ0) is 18.4. The molecule has 6 heteroatoms. The molecule has 1 heterocycles. The molecular formula is C20H21BrN4O. The fraction of sp³-hybridized carbons (Fsp3) is 0.200. The van der Waals surface area contributed by atoms with Gasteiger partial charge in [0.25, 0.3) is 0 Å². The van der Waals surface area contributed by atoms with Gasteiger partial charge in [-0.15, -0.1) is 0 Å². The number of aliphatic hydroxyl groups excluding tert-OH is 1. The van der Waals surface area contributed by atoms with Crippen molar-refractivity contribution in [3.8, 4) is 11.3 Å². The SMILES string of the molecule is Cc1cc(Br)ccc1Nc1cc(-c2ccccc2)nc(NCCCO)n1. The smallest absolute Gasteiger partial charge is 0.225 e. The average molecular weight is 413 g/mol. The number of aryl methyl sites for hydroxylation is 1. The summed E-state index contributed by atoms with van der Waals surface area (Å²) in [7, 11) is 0. The first-order chi connectivity index (χ1) is 12.7. The van der Waals surface area contributed by atoms with Crippen LogP contribution in [0.2, 0.25) is 0 Å². The van der Waals surface area contributed by atoms with Crippen molar-refractivity contribution >= 4 is 33.4 Å². The van der Waals surface area contributed by atoms with Crippen molar-refractivity contribution in [3.05, 3.63) is 64.6 Å². The summed E-state index contributed by atoms with van der Waals surface area (Å²) in [5.41, 5.74) is 3.97. The van der Waals surface area contributed by atoms with Crippen LogP contribution in [0.3, 0.4) is 0 Å². The van der Waals surface area contributed by atoms with Crippen LogP contribution in [0.15, 0.2) is 59.1 Å². The lowest BCUT2D eigenvalue weighted by molar-refractivity contribution is 0.292. The van der Waals surface area contributed by atoms with Crippen molar-refractivity contribution in [2.45, 2.75) is 13.3 Å². The highest BCUT2D eigenvalue weighted by Gasteiger charge is 2.08. The largest absolute Gasteiger partial charge is 0.396 e. The first-order valence-corrected chi connectivity index (χ1v) is 9.27. The lowest BCUT2D eigenvalue weighted by atomic mass is 10.1. The van der Waals surface area contributed by atoms with Gasteiger partial charge in [0, 0.05) is 34.9 Å². The fourth-order valence-electron chi connectivity index (χ4n) is 2.53. The molecule has 3 N–H and O–H groups in total. The molecule has 26 heavy (non-hydrogen) atoms. The minimum atomic E-state index is 0.134. The molecule has 0 aliphatic carbocycles. The van der Waals surface area contributed by atoms with Gasteiger partial charge in [0.05, 0.1) is 5.69 Å². The van der Waals surface area contributed by atoms with Crippen LogP contribution in [-0.4, -0.2) is 28.2 Å². The third-order valence-corrected chi connectivity index (χ3v) is 4.36. The van der Waals surface area contributed by atoms with Gasteiger partial charge in [0.1, 0.15) is 5.82 Å². The number of hydrogen-bond donors (Lipinski definition) is 3. The third kappa shape index (κ3) is 4.80. The number of rotatable bonds is 7. The van der Waals surface area contributed by atoms with Gasteiger partial charge in [-0.1, -0.05) is 46.3 Å². The van der Waals surface area contributed by atoms with Gasteiger partial charge in [-0.05, 0) is 37.1 Å². The second kappa shape index (κ2) is 8.78. The lowest BCUT2D eigenvalue weighted by Gasteiger charge is -2.13. The maximum absolute atomic E-state index is 8.98. The summed E-state index contributed by atoms with van der Waals surface area (Å²) in [4.78, 5) is 9.17. The maximum Gasteiger partial charge on any atom is 0.225 e. The Morgan fingerprint density at radius 3 is 2.58 bits per heavy atom. The van der Waals surface area contributed by atoms with Gasteiger partial charge in [-0.25, -0.2) is 4.98 Å². The van der Waals surface area contributed by atoms with Gasteiger partial charge in [0.15, 0.2) is 0 Å². The minimum Gasteiger partial charge on any atom is -0.396 e. The van der Waals surface area contributed by atoms with E-state index in [0.717, 1.165) is 32.8 Å². The summed E-state index contributed by atoms with van der Waals surface area (Å²) in [6.45, 7) is 2.80. The van der Waals surface area contributed by atoms with E-state index in [9.17, 15) is 0 Å². The normalized spacial score (nSPS) is 10.6. The van der Waals surface area contributed by atoms with E-state index in [4.69, 9.17) is 5.11 Å². The van der Waals surface area contributed by atoms with E-state index in [1.165, 1.54) is 0 Å². The molecule has 134 valence electrons. The first-order valence-electron chi connectivity index (χ1n) is 8.48. The van der Waals surface area contributed by atoms with E-state index in [-0.39, 0.29) is 6.61 Å². The summed E-state index contributed by atoms with van der Waals surface area (Å²) >= 11 is 3.49. The van der Waals surface area contributed by atoms with E-state index in [1.807, 2.05) is 55.5 Å². The molecule has 0 radical (unpaired) electrons. The minimum absolute atomic E-state index is 0.134. The van der Waals surface area contributed by atoms with E-state index < -0.39 is 0 Å². The number of nitrogens with zero attached hydrogens (tertiary/aromatic N) is 2. The Hall–Kier alpha value is -2.44. The highest BCUT2D eigenvalue weighted by Crippen LogP contribution is 2.26. The number of aromatic nitrogens is 2. The third-order valence-electron chi connectivity index (χ3n) is 3.86. The van der Waals surface area contributed by atoms with Crippen molar-refractivity contribution in [2.24, 2.45) is 0 Å². The van der Waals surface area contributed by atoms with Crippen LogP contribution in [0.4, 0.5) is 17.5 Å². The molecule has 0 spiro atoms. The highest BCUT2D eigenvalue weighted by atomic mass is 79.9. The number of hydrogen-bond acceptors (Lipinski definition) is 5. The van der Waals surface area contributed by atoms with Crippen LogP contribution in [0.5, 0.6) is 0 Å². The van der Waals surface area contributed by atoms with Crippen molar-refractivity contribution in [3.63, 3.8) is 0 Å². The second-order valence-corrected chi connectivity index (χ2v) is 6.83.